The largest absolute Gasteiger partial charge is 0.506 e. The van der Waals surface area contributed by atoms with Crippen molar-refractivity contribution in [1.82, 2.24) is 9.88 Å². The number of nitrogens with zero attached hydrogens (tertiary/aromatic N) is 1. The summed E-state index contributed by atoms with van der Waals surface area (Å²) in [5.41, 5.74) is 2.27. The zero-order valence-corrected chi connectivity index (χ0v) is 17.7. The third-order valence-corrected chi connectivity index (χ3v) is 5.73. The maximum atomic E-state index is 11.7. The summed E-state index contributed by atoms with van der Waals surface area (Å²) in [5, 5.41) is 20.6. The number of aromatic nitrogens is 1. The molecule has 1 atom stereocenters. The quantitative estimate of drug-likeness (QED) is 0.398. The maximum absolute atomic E-state index is 11.7. The highest BCUT2D eigenvalue weighted by Gasteiger charge is 2.22. The molecule has 1 aromatic heterocycles. The van der Waals surface area contributed by atoms with E-state index in [0.29, 0.717) is 23.2 Å². The molecule has 2 aromatic carbocycles. The molecule has 1 heterocycles. The molecule has 0 saturated carbocycles. The van der Waals surface area contributed by atoms with Crippen LogP contribution in [0.5, 0.6) is 5.75 Å². The van der Waals surface area contributed by atoms with Crippen molar-refractivity contribution in [1.29, 1.82) is 0 Å². The van der Waals surface area contributed by atoms with Crippen molar-refractivity contribution in [2.75, 3.05) is 27.3 Å². The van der Waals surface area contributed by atoms with Gasteiger partial charge in [-0.2, -0.15) is 0 Å². The lowest BCUT2D eigenvalue weighted by Crippen LogP contribution is -2.44. The van der Waals surface area contributed by atoms with E-state index in [9.17, 15) is 15.0 Å². The number of phenolic OH excluding ortho intramolecular Hbond substituents is 1. The number of aromatic amines is 1. The number of methoxy groups -OCH3 is 2. The summed E-state index contributed by atoms with van der Waals surface area (Å²) in [6.07, 6.45) is -1.19. The van der Waals surface area contributed by atoms with E-state index in [2.05, 4.69) is 4.98 Å². The number of H-pyrrole nitrogens is 1. The molecule has 3 rings (SSSR count). The lowest BCUT2D eigenvalue weighted by Gasteiger charge is -2.30. The Balaban J connectivity index is 1.72. The van der Waals surface area contributed by atoms with E-state index in [4.69, 9.17) is 14.2 Å². The zero-order valence-electron chi connectivity index (χ0n) is 16.9. The average Bonchev–Trinajstić information content (AvgIpc) is 3.17. The highest BCUT2D eigenvalue weighted by atomic mass is 32.1. The number of hydrogen-bond donors (Lipinski definition) is 3. The molecule has 0 spiro atoms. The van der Waals surface area contributed by atoms with Gasteiger partial charge in [-0.25, -0.2) is 4.90 Å². The Labute approximate surface area is 178 Å². The molecule has 8 nitrogen and oxygen atoms in total. The minimum absolute atomic E-state index is 0.0361. The van der Waals surface area contributed by atoms with Crippen LogP contribution < -0.4 is 4.87 Å². The monoisotopic (exact) mass is 434 g/mol. The molecule has 0 radical (unpaired) electrons. The zero-order chi connectivity index (χ0) is 21.5. The molecule has 0 aliphatic carbocycles. The number of aliphatic hydroxyl groups excluding tert-OH is 1. The van der Waals surface area contributed by atoms with Gasteiger partial charge in [-0.15, -0.1) is 0 Å². The summed E-state index contributed by atoms with van der Waals surface area (Å²) in [7, 11) is 3.06. The van der Waals surface area contributed by atoms with Crippen LogP contribution >= 0.6 is 11.3 Å². The Morgan fingerprint density at radius 1 is 1.13 bits per heavy atom. The lowest BCUT2D eigenvalue weighted by molar-refractivity contribution is -0.222. The third-order valence-electron chi connectivity index (χ3n) is 4.77. The molecular weight excluding hydrogens is 408 g/mol. The minimum atomic E-state index is -1.17. The van der Waals surface area contributed by atoms with Crippen molar-refractivity contribution in [3.63, 3.8) is 0 Å². The van der Waals surface area contributed by atoms with Gasteiger partial charge in [0.1, 0.15) is 11.3 Å². The van der Waals surface area contributed by atoms with Gasteiger partial charge in [0.25, 0.3) is 0 Å². The van der Waals surface area contributed by atoms with Gasteiger partial charge in [-0.3, -0.25) is 4.79 Å². The van der Waals surface area contributed by atoms with Gasteiger partial charge in [0.15, 0.2) is 6.29 Å². The lowest BCUT2D eigenvalue weighted by atomic mass is 10.1. The van der Waals surface area contributed by atoms with E-state index in [0.717, 1.165) is 22.5 Å². The third kappa shape index (κ3) is 5.66. The molecule has 3 N–H and O–H groups in total. The van der Waals surface area contributed by atoms with Crippen LogP contribution in [-0.4, -0.2) is 60.1 Å². The minimum Gasteiger partial charge on any atom is -0.506 e. The Bertz CT molecular complexity index is 986. The van der Waals surface area contributed by atoms with Crippen molar-refractivity contribution in [2.45, 2.75) is 25.7 Å². The standard InChI is InChI=1S/C21H26N2O6S/c1-27-17(28-2)12-23(21(26)29-13-14-6-4-3-5-7-14)11-10-15-8-9-16(24)18-19(15)30-20(25)22-18/h3-9,17,21,24,26H,10-13H2,1-2H3,(H,22,25). The van der Waals surface area contributed by atoms with Crippen LogP contribution in [0.2, 0.25) is 0 Å². The molecule has 0 aliphatic heterocycles. The predicted octanol–water partition coefficient (Wildman–Crippen LogP) is 2.25. The number of phenols is 1. The van der Waals surface area contributed by atoms with Crippen molar-refractivity contribution in [2.24, 2.45) is 0 Å². The fraction of sp³-hybridized carbons (Fsp3) is 0.381. The van der Waals surface area contributed by atoms with Crippen LogP contribution in [0.1, 0.15) is 11.1 Å². The fourth-order valence-corrected chi connectivity index (χ4v) is 4.01. The highest BCUT2D eigenvalue weighted by Crippen LogP contribution is 2.28. The first-order valence-electron chi connectivity index (χ1n) is 9.48. The van der Waals surface area contributed by atoms with Crippen molar-refractivity contribution in [3.05, 3.63) is 63.3 Å². The summed E-state index contributed by atoms with van der Waals surface area (Å²) in [6.45, 7) is 0.963. The first-order chi connectivity index (χ1) is 14.5. The summed E-state index contributed by atoms with van der Waals surface area (Å²) in [4.78, 5) is 15.9. The van der Waals surface area contributed by atoms with Crippen LogP contribution in [0.25, 0.3) is 10.2 Å². The number of nitrogens with one attached hydrogen (secondary N) is 1. The smallest absolute Gasteiger partial charge is 0.305 e. The molecule has 0 bridgehead atoms. The highest BCUT2D eigenvalue weighted by molar-refractivity contribution is 7.16. The number of fused-ring (bicyclic) bond motifs is 1. The molecular formula is C21H26N2O6S. The van der Waals surface area contributed by atoms with E-state index >= 15 is 0 Å². The second kappa shape index (κ2) is 10.7. The SMILES string of the molecule is COC(CN(CCc1ccc(O)c2[nH]c(=O)sc12)C(O)OCc1ccccc1)OC. The van der Waals surface area contributed by atoms with Gasteiger partial charge < -0.3 is 29.4 Å². The first kappa shape index (κ1) is 22.4. The molecule has 162 valence electrons. The van der Waals surface area contributed by atoms with Crippen molar-refractivity contribution < 1.29 is 24.4 Å². The first-order valence-corrected chi connectivity index (χ1v) is 10.3. The second-order valence-electron chi connectivity index (χ2n) is 6.73. The van der Waals surface area contributed by atoms with Gasteiger partial charge in [0.2, 0.25) is 6.41 Å². The van der Waals surface area contributed by atoms with Gasteiger partial charge in [-0.1, -0.05) is 47.7 Å². The number of rotatable bonds is 11. The Hall–Kier alpha value is -2.27. The number of hydrogen-bond acceptors (Lipinski definition) is 8. The van der Waals surface area contributed by atoms with Crippen LogP contribution in [0, 0.1) is 0 Å². The van der Waals surface area contributed by atoms with Crippen molar-refractivity contribution >= 4 is 21.6 Å². The molecule has 9 heteroatoms. The van der Waals surface area contributed by atoms with E-state index in [1.165, 1.54) is 14.2 Å². The molecule has 0 aliphatic rings. The van der Waals surface area contributed by atoms with E-state index in [-0.39, 0.29) is 23.8 Å². The Kier molecular flexibility index (Phi) is 7.97. The molecule has 0 fully saturated rings. The Morgan fingerprint density at radius 2 is 1.87 bits per heavy atom. The summed E-state index contributed by atoms with van der Waals surface area (Å²) in [5.74, 6) is 0.0361. The van der Waals surface area contributed by atoms with Crippen LogP contribution in [0.3, 0.4) is 0 Å². The maximum Gasteiger partial charge on any atom is 0.305 e. The molecule has 3 aromatic rings. The molecule has 30 heavy (non-hydrogen) atoms. The van der Waals surface area contributed by atoms with Gasteiger partial charge in [0, 0.05) is 20.8 Å². The summed E-state index contributed by atoms with van der Waals surface area (Å²) >= 11 is 1.05. The number of aromatic hydroxyl groups is 1. The number of benzene rings is 2. The topological polar surface area (TPSA) is 104 Å². The number of ether oxygens (including phenoxy) is 3. The number of thiazole rings is 1. The van der Waals surface area contributed by atoms with Gasteiger partial charge in [-0.05, 0) is 23.6 Å². The fourth-order valence-electron chi connectivity index (χ4n) is 3.11. The second-order valence-corrected chi connectivity index (χ2v) is 7.71. The number of aliphatic hydroxyl groups is 1. The van der Waals surface area contributed by atoms with Gasteiger partial charge >= 0.3 is 4.87 Å². The van der Waals surface area contributed by atoms with E-state index < -0.39 is 12.7 Å². The predicted molar refractivity (Wildman–Crippen MR) is 114 cm³/mol. The van der Waals surface area contributed by atoms with E-state index in [1.807, 2.05) is 30.3 Å². The van der Waals surface area contributed by atoms with Crippen LogP contribution in [0.15, 0.2) is 47.3 Å². The average molecular weight is 435 g/mol. The normalized spacial score (nSPS) is 12.8. The summed E-state index contributed by atoms with van der Waals surface area (Å²) in [6, 6.07) is 12.9. The summed E-state index contributed by atoms with van der Waals surface area (Å²) < 4.78 is 16.9. The van der Waals surface area contributed by atoms with Crippen LogP contribution in [-0.2, 0) is 27.2 Å². The Morgan fingerprint density at radius 3 is 2.57 bits per heavy atom. The molecule has 1 unspecified atom stereocenters. The van der Waals surface area contributed by atoms with Gasteiger partial charge in [0.05, 0.1) is 17.9 Å². The molecule has 0 saturated heterocycles. The van der Waals surface area contributed by atoms with Crippen molar-refractivity contribution in [3.8, 4) is 5.75 Å². The van der Waals surface area contributed by atoms with E-state index in [1.54, 1.807) is 17.0 Å². The van der Waals surface area contributed by atoms with Crippen LogP contribution in [0.4, 0.5) is 0 Å². The molecule has 0 amide bonds.